The van der Waals surface area contributed by atoms with Gasteiger partial charge in [0.25, 0.3) is 0 Å². The number of hydrogen-bond donors (Lipinski definition) is 3. The Morgan fingerprint density at radius 1 is 1.45 bits per heavy atom. The third-order valence-electron chi connectivity index (χ3n) is 3.36. The van der Waals surface area contributed by atoms with Crippen LogP contribution in [0.4, 0.5) is 5.82 Å². The maximum absolute atomic E-state index is 11.5. The molecular formula is C14H20N4OS. The lowest BCUT2D eigenvalue weighted by Gasteiger charge is -2.19. The van der Waals surface area contributed by atoms with E-state index in [-0.39, 0.29) is 12.5 Å². The standard InChI is InChI=1S/C14H20N4OS/c1-2-16-12(19)8-17-14-10(13(15)20)7-9-5-3-4-6-11(9)18-14/h7H,2-6,8H2,1H3,(H2,15,20)(H,16,19)(H,17,18). The molecule has 0 saturated heterocycles. The lowest BCUT2D eigenvalue weighted by Crippen LogP contribution is -2.30. The van der Waals surface area contributed by atoms with Crippen LogP contribution >= 0.6 is 12.2 Å². The Bertz CT molecular complexity index is 530. The number of carbonyl (C=O) groups excluding carboxylic acids is 1. The first kappa shape index (κ1) is 14.7. The van der Waals surface area contributed by atoms with Crippen LogP contribution in [0.1, 0.15) is 36.6 Å². The third kappa shape index (κ3) is 3.45. The topological polar surface area (TPSA) is 80.0 Å². The molecule has 6 heteroatoms. The van der Waals surface area contributed by atoms with Crippen molar-refractivity contribution in [2.75, 3.05) is 18.4 Å². The number of amides is 1. The van der Waals surface area contributed by atoms with Gasteiger partial charge >= 0.3 is 0 Å². The zero-order valence-corrected chi connectivity index (χ0v) is 12.5. The van der Waals surface area contributed by atoms with Gasteiger partial charge in [0.15, 0.2) is 0 Å². The first-order valence-electron chi connectivity index (χ1n) is 6.95. The second kappa shape index (κ2) is 6.65. The summed E-state index contributed by atoms with van der Waals surface area (Å²) in [5.74, 6) is 0.547. The zero-order valence-electron chi connectivity index (χ0n) is 11.7. The van der Waals surface area contributed by atoms with Crippen LogP contribution in [0.3, 0.4) is 0 Å². The third-order valence-corrected chi connectivity index (χ3v) is 3.58. The summed E-state index contributed by atoms with van der Waals surface area (Å²) in [6, 6.07) is 2.02. The van der Waals surface area contributed by atoms with Crippen LogP contribution in [0.15, 0.2) is 6.07 Å². The van der Waals surface area contributed by atoms with Gasteiger partial charge in [-0.25, -0.2) is 4.98 Å². The Kier molecular flexibility index (Phi) is 4.89. The Balaban J connectivity index is 2.21. The predicted octanol–water partition coefficient (Wildman–Crippen LogP) is 1.14. The number of nitrogens with one attached hydrogen (secondary N) is 2. The highest BCUT2D eigenvalue weighted by Gasteiger charge is 2.16. The summed E-state index contributed by atoms with van der Waals surface area (Å²) < 4.78 is 0. The molecule has 1 amide bonds. The molecule has 0 bridgehead atoms. The predicted molar refractivity (Wildman–Crippen MR) is 83.9 cm³/mol. The summed E-state index contributed by atoms with van der Waals surface area (Å²) in [6.07, 6.45) is 4.33. The van der Waals surface area contributed by atoms with Gasteiger partial charge in [0.1, 0.15) is 10.8 Å². The van der Waals surface area contributed by atoms with Crippen molar-refractivity contribution in [3.63, 3.8) is 0 Å². The number of nitrogens with two attached hydrogens (primary N) is 1. The number of nitrogens with zero attached hydrogens (tertiary/aromatic N) is 1. The summed E-state index contributed by atoms with van der Waals surface area (Å²) >= 11 is 5.08. The van der Waals surface area contributed by atoms with Crippen LogP contribution in [0.25, 0.3) is 0 Å². The molecular weight excluding hydrogens is 272 g/mol. The molecule has 108 valence electrons. The molecule has 0 fully saturated rings. The SMILES string of the molecule is CCNC(=O)CNc1nc2c(cc1C(N)=S)CCCC2. The minimum absolute atomic E-state index is 0.0686. The largest absolute Gasteiger partial charge is 0.389 e. The molecule has 20 heavy (non-hydrogen) atoms. The highest BCUT2D eigenvalue weighted by molar-refractivity contribution is 7.80. The Morgan fingerprint density at radius 2 is 2.20 bits per heavy atom. The van der Waals surface area contributed by atoms with Crippen LogP contribution in [-0.2, 0) is 17.6 Å². The Labute approximate surface area is 124 Å². The van der Waals surface area contributed by atoms with Crippen molar-refractivity contribution < 1.29 is 4.79 Å². The molecule has 0 spiro atoms. The zero-order chi connectivity index (χ0) is 14.5. The Hall–Kier alpha value is -1.69. The van der Waals surface area contributed by atoms with Crippen LogP contribution < -0.4 is 16.4 Å². The lowest BCUT2D eigenvalue weighted by atomic mass is 9.94. The number of hydrogen-bond acceptors (Lipinski definition) is 4. The van der Waals surface area contributed by atoms with Gasteiger partial charge in [0, 0.05) is 12.2 Å². The molecule has 2 rings (SSSR count). The quantitative estimate of drug-likeness (QED) is 0.709. The van der Waals surface area contributed by atoms with E-state index in [4.69, 9.17) is 18.0 Å². The fourth-order valence-electron chi connectivity index (χ4n) is 2.38. The number of rotatable bonds is 5. The maximum atomic E-state index is 11.5. The van der Waals surface area contributed by atoms with Crippen LogP contribution in [0, 0.1) is 0 Å². The van der Waals surface area contributed by atoms with E-state index in [0.717, 1.165) is 30.5 Å². The van der Waals surface area contributed by atoms with E-state index in [2.05, 4.69) is 15.6 Å². The minimum Gasteiger partial charge on any atom is -0.389 e. The fraction of sp³-hybridized carbons (Fsp3) is 0.500. The smallest absolute Gasteiger partial charge is 0.239 e. The fourth-order valence-corrected chi connectivity index (χ4v) is 2.54. The van der Waals surface area contributed by atoms with E-state index >= 15 is 0 Å². The highest BCUT2D eigenvalue weighted by Crippen LogP contribution is 2.24. The minimum atomic E-state index is -0.0686. The Morgan fingerprint density at radius 3 is 2.90 bits per heavy atom. The number of pyridine rings is 1. The number of fused-ring (bicyclic) bond motifs is 1. The van der Waals surface area contributed by atoms with Gasteiger partial charge in [0.2, 0.25) is 5.91 Å². The highest BCUT2D eigenvalue weighted by atomic mass is 32.1. The monoisotopic (exact) mass is 292 g/mol. The van der Waals surface area contributed by atoms with E-state index in [9.17, 15) is 4.79 Å². The summed E-state index contributed by atoms with van der Waals surface area (Å²) in [7, 11) is 0. The number of likely N-dealkylation sites (N-methyl/N-ethyl adjacent to an activating group) is 1. The lowest BCUT2D eigenvalue weighted by molar-refractivity contribution is -0.119. The summed E-state index contributed by atoms with van der Waals surface area (Å²) in [5.41, 5.74) is 8.81. The van der Waals surface area contributed by atoms with Gasteiger partial charge in [-0.05, 0) is 44.2 Å². The van der Waals surface area contributed by atoms with Gasteiger partial charge in [-0.15, -0.1) is 0 Å². The van der Waals surface area contributed by atoms with Gasteiger partial charge in [-0.2, -0.15) is 0 Å². The normalized spacial score (nSPS) is 13.4. The molecule has 1 aliphatic carbocycles. The molecule has 0 aliphatic heterocycles. The summed E-state index contributed by atoms with van der Waals surface area (Å²) in [6.45, 7) is 2.67. The van der Waals surface area contributed by atoms with E-state index in [1.807, 2.05) is 13.0 Å². The van der Waals surface area contributed by atoms with Crippen molar-refractivity contribution in [3.8, 4) is 0 Å². The van der Waals surface area contributed by atoms with Crippen molar-refractivity contribution in [1.82, 2.24) is 10.3 Å². The van der Waals surface area contributed by atoms with E-state index in [1.54, 1.807) is 0 Å². The molecule has 0 unspecified atom stereocenters. The first-order valence-corrected chi connectivity index (χ1v) is 7.35. The van der Waals surface area contributed by atoms with Crippen molar-refractivity contribution in [3.05, 3.63) is 22.9 Å². The molecule has 0 radical (unpaired) electrons. The molecule has 1 aromatic heterocycles. The average Bonchev–Trinajstić information content (AvgIpc) is 2.44. The number of anilines is 1. The average molecular weight is 292 g/mol. The second-order valence-electron chi connectivity index (χ2n) is 4.87. The molecule has 0 atom stereocenters. The first-order chi connectivity index (χ1) is 9.61. The van der Waals surface area contributed by atoms with E-state index in [0.29, 0.717) is 17.4 Å². The van der Waals surface area contributed by atoms with E-state index in [1.165, 1.54) is 12.0 Å². The molecule has 0 aromatic carbocycles. The van der Waals surface area contributed by atoms with Gasteiger partial charge in [-0.3, -0.25) is 4.79 Å². The van der Waals surface area contributed by atoms with Crippen molar-refractivity contribution in [1.29, 1.82) is 0 Å². The van der Waals surface area contributed by atoms with Crippen molar-refractivity contribution in [2.45, 2.75) is 32.6 Å². The van der Waals surface area contributed by atoms with Gasteiger partial charge in [0.05, 0.1) is 12.1 Å². The number of aromatic nitrogens is 1. The second-order valence-corrected chi connectivity index (χ2v) is 5.31. The van der Waals surface area contributed by atoms with Crippen LogP contribution in [0.2, 0.25) is 0 Å². The number of carbonyl (C=O) groups is 1. The molecule has 1 aromatic rings. The molecule has 5 nitrogen and oxygen atoms in total. The van der Waals surface area contributed by atoms with Crippen molar-refractivity contribution in [2.24, 2.45) is 5.73 Å². The molecule has 1 aliphatic rings. The van der Waals surface area contributed by atoms with Crippen LogP contribution in [0.5, 0.6) is 0 Å². The summed E-state index contributed by atoms with van der Waals surface area (Å²) in [5, 5.41) is 5.77. The molecule has 1 heterocycles. The van der Waals surface area contributed by atoms with Gasteiger partial charge in [-0.1, -0.05) is 12.2 Å². The van der Waals surface area contributed by atoms with Crippen LogP contribution in [-0.4, -0.2) is 29.0 Å². The number of thiocarbonyl (C=S) groups is 1. The van der Waals surface area contributed by atoms with Crippen molar-refractivity contribution >= 4 is 28.9 Å². The summed E-state index contributed by atoms with van der Waals surface area (Å²) in [4.78, 5) is 16.4. The molecule has 0 saturated carbocycles. The van der Waals surface area contributed by atoms with Gasteiger partial charge < -0.3 is 16.4 Å². The number of aryl methyl sites for hydroxylation is 2. The maximum Gasteiger partial charge on any atom is 0.239 e. The molecule has 4 N–H and O–H groups in total. The van der Waals surface area contributed by atoms with E-state index < -0.39 is 0 Å².